The first-order valence-corrected chi connectivity index (χ1v) is 8.29. The fourth-order valence-corrected chi connectivity index (χ4v) is 2.11. The molecule has 2 aromatic rings. The molecular formula is C20H27NO2. The zero-order valence-electron chi connectivity index (χ0n) is 14.3. The molecule has 3 nitrogen and oxygen atoms in total. The first-order chi connectivity index (χ1) is 11.1. The van der Waals surface area contributed by atoms with Crippen molar-refractivity contribution in [3.8, 4) is 11.5 Å². The second-order valence-corrected chi connectivity index (χ2v) is 6.15. The monoisotopic (exact) mass is 313 g/mol. The lowest BCUT2D eigenvalue weighted by atomic mass is 10.1. The zero-order chi connectivity index (χ0) is 16.5. The van der Waals surface area contributed by atoms with Crippen molar-refractivity contribution in [2.45, 2.75) is 27.2 Å². The second-order valence-electron chi connectivity index (χ2n) is 6.15. The van der Waals surface area contributed by atoms with Gasteiger partial charge >= 0.3 is 0 Å². The van der Waals surface area contributed by atoms with Crippen LogP contribution in [-0.2, 0) is 0 Å². The molecule has 0 radical (unpaired) electrons. The molecule has 0 atom stereocenters. The number of benzene rings is 2. The number of ether oxygens (including phenoxy) is 2. The summed E-state index contributed by atoms with van der Waals surface area (Å²) in [6, 6.07) is 16.2. The molecule has 0 saturated heterocycles. The molecule has 0 aromatic heterocycles. The quantitative estimate of drug-likeness (QED) is 0.667. The second kappa shape index (κ2) is 9.09. The van der Waals surface area contributed by atoms with E-state index in [1.165, 1.54) is 5.56 Å². The molecule has 0 aliphatic heterocycles. The molecule has 2 rings (SSSR count). The van der Waals surface area contributed by atoms with Gasteiger partial charge in [-0.05, 0) is 43.5 Å². The van der Waals surface area contributed by atoms with E-state index in [4.69, 9.17) is 9.47 Å². The van der Waals surface area contributed by atoms with Crippen LogP contribution in [-0.4, -0.2) is 19.8 Å². The maximum absolute atomic E-state index is 5.77. The van der Waals surface area contributed by atoms with E-state index in [0.29, 0.717) is 12.5 Å². The Morgan fingerprint density at radius 2 is 1.65 bits per heavy atom. The average molecular weight is 313 g/mol. The van der Waals surface area contributed by atoms with Gasteiger partial charge in [0.1, 0.15) is 18.1 Å². The van der Waals surface area contributed by atoms with Crippen LogP contribution in [0.1, 0.15) is 25.8 Å². The van der Waals surface area contributed by atoms with E-state index in [0.717, 1.165) is 36.8 Å². The molecule has 0 heterocycles. The van der Waals surface area contributed by atoms with E-state index >= 15 is 0 Å². The highest BCUT2D eigenvalue weighted by molar-refractivity contribution is 5.48. The molecule has 0 fully saturated rings. The van der Waals surface area contributed by atoms with Crippen molar-refractivity contribution in [1.29, 1.82) is 0 Å². The van der Waals surface area contributed by atoms with E-state index < -0.39 is 0 Å². The molecule has 0 spiro atoms. The fourth-order valence-electron chi connectivity index (χ4n) is 2.11. The first-order valence-electron chi connectivity index (χ1n) is 8.29. The van der Waals surface area contributed by atoms with Gasteiger partial charge in [0.05, 0.1) is 6.61 Å². The number of hydrogen-bond donors (Lipinski definition) is 1. The van der Waals surface area contributed by atoms with Crippen molar-refractivity contribution in [2.75, 3.05) is 25.1 Å². The molecule has 0 bridgehead atoms. The normalized spacial score (nSPS) is 10.6. The Morgan fingerprint density at radius 3 is 2.39 bits per heavy atom. The summed E-state index contributed by atoms with van der Waals surface area (Å²) in [4.78, 5) is 0. The molecule has 23 heavy (non-hydrogen) atoms. The van der Waals surface area contributed by atoms with Gasteiger partial charge in [0.15, 0.2) is 0 Å². The predicted octanol–water partition coefficient (Wildman–Crippen LogP) is 4.91. The molecular weight excluding hydrogens is 286 g/mol. The standard InChI is InChI=1S/C20H27NO2/c1-16(2)11-13-22-20-6-4-5-18(15-20)21-12-14-23-19-9-7-17(3)8-10-19/h4-10,15-16,21H,11-14H2,1-3H3. The van der Waals surface area contributed by atoms with Crippen LogP contribution < -0.4 is 14.8 Å². The van der Waals surface area contributed by atoms with Crippen LogP contribution in [0.3, 0.4) is 0 Å². The van der Waals surface area contributed by atoms with Crippen molar-refractivity contribution in [3.05, 3.63) is 54.1 Å². The average Bonchev–Trinajstić information content (AvgIpc) is 2.53. The highest BCUT2D eigenvalue weighted by Crippen LogP contribution is 2.18. The summed E-state index contributed by atoms with van der Waals surface area (Å²) < 4.78 is 11.5. The van der Waals surface area contributed by atoms with Crippen LogP contribution in [0.2, 0.25) is 0 Å². The maximum Gasteiger partial charge on any atom is 0.121 e. The van der Waals surface area contributed by atoms with Gasteiger partial charge in [-0.2, -0.15) is 0 Å². The zero-order valence-corrected chi connectivity index (χ0v) is 14.3. The Kier molecular flexibility index (Phi) is 6.79. The van der Waals surface area contributed by atoms with Crippen LogP contribution in [0.25, 0.3) is 0 Å². The summed E-state index contributed by atoms with van der Waals surface area (Å²) in [6.45, 7) is 8.62. The third kappa shape index (κ3) is 6.64. The Morgan fingerprint density at radius 1 is 0.913 bits per heavy atom. The molecule has 1 N–H and O–H groups in total. The van der Waals surface area contributed by atoms with Crippen molar-refractivity contribution in [2.24, 2.45) is 5.92 Å². The minimum atomic E-state index is 0.626. The minimum absolute atomic E-state index is 0.626. The highest BCUT2D eigenvalue weighted by Gasteiger charge is 1.99. The van der Waals surface area contributed by atoms with Gasteiger partial charge in [0, 0.05) is 18.3 Å². The van der Waals surface area contributed by atoms with Crippen molar-refractivity contribution in [3.63, 3.8) is 0 Å². The van der Waals surface area contributed by atoms with Gasteiger partial charge in [-0.25, -0.2) is 0 Å². The smallest absolute Gasteiger partial charge is 0.121 e. The lowest BCUT2D eigenvalue weighted by Crippen LogP contribution is -2.11. The molecule has 0 amide bonds. The molecule has 0 aliphatic carbocycles. The summed E-state index contributed by atoms with van der Waals surface area (Å²) in [5.41, 5.74) is 2.30. The van der Waals surface area contributed by atoms with Crippen molar-refractivity contribution >= 4 is 5.69 Å². The SMILES string of the molecule is Cc1ccc(OCCNc2cccc(OCCC(C)C)c2)cc1. The number of rotatable bonds is 9. The van der Waals surface area contributed by atoms with Crippen molar-refractivity contribution in [1.82, 2.24) is 0 Å². The lowest BCUT2D eigenvalue weighted by molar-refractivity contribution is 0.289. The van der Waals surface area contributed by atoms with Gasteiger partial charge in [-0.15, -0.1) is 0 Å². The van der Waals surface area contributed by atoms with Crippen LogP contribution in [0.15, 0.2) is 48.5 Å². The highest BCUT2D eigenvalue weighted by atomic mass is 16.5. The summed E-state index contributed by atoms with van der Waals surface area (Å²) in [7, 11) is 0. The Balaban J connectivity index is 1.71. The van der Waals surface area contributed by atoms with Gasteiger partial charge < -0.3 is 14.8 Å². The minimum Gasteiger partial charge on any atom is -0.494 e. The Bertz CT molecular complexity index is 578. The molecule has 0 saturated carbocycles. The van der Waals surface area contributed by atoms with Crippen LogP contribution in [0.5, 0.6) is 11.5 Å². The fraction of sp³-hybridized carbons (Fsp3) is 0.400. The third-order valence-electron chi connectivity index (χ3n) is 3.52. The molecule has 124 valence electrons. The number of nitrogens with one attached hydrogen (secondary N) is 1. The summed E-state index contributed by atoms with van der Waals surface area (Å²) in [5, 5.41) is 3.36. The van der Waals surface area contributed by atoms with Gasteiger partial charge in [0.25, 0.3) is 0 Å². The summed E-state index contributed by atoms with van der Waals surface area (Å²) >= 11 is 0. The summed E-state index contributed by atoms with van der Waals surface area (Å²) in [6.07, 6.45) is 1.07. The maximum atomic E-state index is 5.77. The van der Waals surface area contributed by atoms with E-state index in [1.807, 2.05) is 36.4 Å². The van der Waals surface area contributed by atoms with Crippen LogP contribution in [0.4, 0.5) is 5.69 Å². The van der Waals surface area contributed by atoms with Crippen LogP contribution >= 0.6 is 0 Å². The van der Waals surface area contributed by atoms with E-state index in [-0.39, 0.29) is 0 Å². The van der Waals surface area contributed by atoms with Gasteiger partial charge in [-0.1, -0.05) is 37.6 Å². The largest absolute Gasteiger partial charge is 0.494 e. The van der Waals surface area contributed by atoms with Gasteiger partial charge in [-0.3, -0.25) is 0 Å². The van der Waals surface area contributed by atoms with Crippen LogP contribution in [0, 0.1) is 12.8 Å². The molecule has 2 aromatic carbocycles. The number of anilines is 1. The topological polar surface area (TPSA) is 30.5 Å². The van der Waals surface area contributed by atoms with E-state index in [9.17, 15) is 0 Å². The van der Waals surface area contributed by atoms with E-state index in [2.05, 4.69) is 38.2 Å². The van der Waals surface area contributed by atoms with Gasteiger partial charge in [0.2, 0.25) is 0 Å². The molecule has 3 heteroatoms. The van der Waals surface area contributed by atoms with E-state index in [1.54, 1.807) is 0 Å². The Labute approximate surface area is 139 Å². The summed E-state index contributed by atoms with van der Waals surface area (Å²) in [5.74, 6) is 2.48. The molecule has 0 unspecified atom stereocenters. The number of hydrogen-bond acceptors (Lipinski definition) is 3. The predicted molar refractivity (Wildman–Crippen MR) is 96.6 cm³/mol. The lowest BCUT2D eigenvalue weighted by Gasteiger charge is -2.11. The van der Waals surface area contributed by atoms with Crippen molar-refractivity contribution < 1.29 is 9.47 Å². The first kappa shape index (κ1) is 17.2. The third-order valence-corrected chi connectivity index (χ3v) is 3.52. The number of aryl methyl sites for hydroxylation is 1. The Hall–Kier alpha value is -2.16. The molecule has 0 aliphatic rings.